The maximum atomic E-state index is 6.19. The lowest BCUT2D eigenvalue weighted by Crippen LogP contribution is -2.43. The Morgan fingerprint density at radius 3 is 2.53 bits per heavy atom. The first kappa shape index (κ1) is 14.5. The zero-order valence-electron chi connectivity index (χ0n) is 12.3. The number of likely N-dealkylation sites (N-methyl/N-ethyl adjacent to an activating group) is 1. The Labute approximate surface area is 115 Å². The number of hydrogen-bond acceptors (Lipinski definition) is 3. The van der Waals surface area contributed by atoms with Crippen LogP contribution < -0.4 is 0 Å². The molecule has 1 saturated heterocycles. The van der Waals surface area contributed by atoms with E-state index in [1.165, 1.54) is 0 Å². The van der Waals surface area contributed by atoms with Crippen LogP contribution in [-0.4, -0.2) is 58.6 Å². The highest BCUT2D eigenvalue weighted by molar-refractivity contribution is 5.21. The van der Waals surface area contributed by atoms with Crippen LogP contribution in [0.3, 0.4) is 0 Å². The summed E-state index contributed by atoms with van der Waals surface area (Å²) in [5.74, 6) is -0.754. The first-order valence-corrected chi connectivity index (χ1v) is 6.62. The van der Waals surface area contributed by atoms with E-state index in [0.717, 1.165) is 16.6 Å². The van der Waals surface area contributed by atoms with E-state index in [0.29, 0.717) is 13.2 Å². The van der Waals surface area contributed by atoms with Gasteiger partial charge < -0.3 is 18.7 Å². The van der Waals surface area contributed by atoms with Crippen molar-refractivity contribution in [2.75, 3.05) is 48.0 Å². The Kier molecular flexibility index (Phi) is 4.26. The van der Waals surface area contributed by atoms with Crippen molar-refractivity contribution in [3.05, 3.63) is 35.9 Å². The zero-order chi connectivity index (χ0) is 13.9. The molecule has 1 fully saturated rings. The average Bonchev–Trinajstić information content (AvgIpc) is 2.73. The minimum Gasteiger partial charge on any atom is -0.379 e. The number of benzene rings is 1. The van der Waals surface area contributed by atoms with Gasteiger partial charge in [-0.25, -0.2) is 0 Å². The Bertz CT molecular complexity index is 402. The molecule has 0 radical (unpaired) electrons. The largest absolute Gasteiger partial charge is 0.379 e. The molecule has 0 N–H and O–H groups in total. The molecule has 19 heavy (non-hydrogen) atoms. The van der Waals surface area contributed by atoms with Gasteiger partial charge in [-0.05, 0) is 0 Å². The van der Waals surface area contributed by atoms with Gasteiger partial charge in [-0.1, -0.05) is 30.3 Å². The van der Waals surface area contributed by atoms with Gasteiger partial charge in [-0.15, -0.1) is 0 Å². The SMILES string of the molecule is COC[C@@]1(c2ccccc2)OC[C@@H](C[N+](C)(C)C)O1. The molecule has 1 heterocycles. The second-order valence-electron chi connectivity index (χ2n) is 6.08. The van der Waals surface area contributed by atoms with Crippen molar-refractivity contribution in [1.29, 1.82) is 0 Å². The molecule has 0 bridgehead atoms. The van der Waals surface area contributed by atoms with Gasteiger partial charge in [0.2, 0.25) is 5.79 Å². The van der Waals surface area contributed by atoms with Crippen LogP contribution in [-0.2, 0) is 20.0 Å². The highest BCUT2D eigenvalue weighted by Crippen LogP contribution is 2.34. The summed E-state index contributed by atoms with van der Waals surface area (Å²) in [5.41, 5.74) is 1.01. The van der Waals surface area contributed by atoms with Gasteiger partial charge in [0, 0.05) is 12.7 Å². The van der Waals surface area contributed by atoms with Gasteiger partial charge in [-0.2, -0.15) is 0 Å². The number of methoxy groups -OCH3 is 1. The molecule has 1 aliphatic heterocycles. The molecule has 0 aromatic heterocycles. The molecule has 0 unspecified atom stereocenters. The van der Waals surface area contributed by atoms with Gasteiger partial charge in [0.25, 0.3) is 0 Å². The summed E-state index contributed by atoms with van der Waals surface area (Å²) in [4.78, 5) is 0. The zero-order valence-corrected chi connectivity index (χ0v) is 12.3. The van der Waals surface area contributed by atoms with Crippen molar-refractivity contribution in [3.8, 4) is 0 Å². The Morgan fingerprint density at radius 2 is 1.95 bits per heavy atom. The van der Waals surface area contributed by atoms with Gasteiger partial charge in [-0.3, -0.25) is 0 Å². The van der Waals surface area contributed by atoms with Gasteiger partial charge in [0.1, 0.15) is 19.3 Å². The van der Waals surface area contributed by atoms with Crippen LogP contribution in [0.2, 0.25) is 0 Å². The first-order chi connectivity index (χ1) is 8.95. The standard InChI is InChI=1S/C15H24NO3/c1-16(2,3)10-14-11-18-15(19-14,12-17-4)13-8-6-5-7-9-13/h5-9,14H,10-12H2,1-4H3/q+1/t14-,15-/m1/s1. The molecule has 0 saturated carbocycles. The maximum absolute atomic E-state index is 6.19. The third-order valence-electron chi connectivity index (χ3n) is 3.16. The lowest BCUT2D eigenvalue weighted by molar-refractivity contribution is -0.873. The van der Waals surface area contributed by atoms with E-state index in [2.05, 4.69) is 21.1 Å². The number of ether oxygens (including phenoxy) is 3. The summed E-state index contributed by atoms with van der Waals surface area (Å²) in [6.07, 6.45) is 0.0929. The molecule has 1 aromatic carbocycles. The third kappa shape index (κ3) is 3.54. The lowest BCUT2D eigenvalue weighted by Gasteiger charge is -2.30. The topological polar surface area (TPSA) is 27.7 Å². The summed E-state index contributed by atoms with van der Waals surface area (Å²) in [6.45, 7) is 1.93. The maximum Gasteiger partial charge on any atom is 0.219 e. The molecule has 0 spiro atoms. The Morgan fingerprint density at radius 1 is 1.26 bits per heavy atom. The average molecular weight is 266 g/mol. The van der Waals surface area contributed by atoms with Crippen molar-refractivity contribution in [2.45, 2.75) is 11.9 Å². The first-order valence-electron chi connectivity index (χ1n) is 6.62. The van der Waals surface area contributed by atoms with E-state index >= 15 is 0 Å². The van der Waals surface area contributed by atoms with Crippen molar-refractivity contribution in [2.24, 2.45) is 0 Å². The van der Waals surface area contributed by atoms with Crippen molar-refractivity contribution in [1.82, 2.24) is 0 Å². The Balaban J connectivity index is 2.15. The lowest BCUT2D eigenvalue weighted by atomic mass is 10.1. The number of nitrogens with zero attached hydrogens (tertiary/aromatic N) is 1. The molecule has 0 aliphatic carbocycles. The molecule has 106 valence electrons. The van der Waals surface area contributed by atoms with E-state index in [4.69, 9.17) is 14.2 Å². The van der Waals surface area contributed by atoms with Gasteiger partial charge in [0.05, 0.1) is 27.7 Å². The smallest absolute Gasteiger partial charge is 0.219 e. The van der Waals surface area contributed by atoms with Crippen LogP contribution in [0, 0.1) is 0 Å². The van der Waals surface area contributed by atoms with E-state index in [1.807, 2.05) is 30.3 Å². The predicted molar refractivity (Wildman–Crippen MR) is 73.7 cm³/mol. The minimum absolute atomic E-state index is 0.0929. The molecule has 4 nitrogen and oxygen atoms in total. The molecule has 1 aliphatic rings. The van der Waals surface area contributed by atoms with Gasteiger partial charge in [0.15, 0.2) is 0 Å². The second kappa shape index (κ2) is 5.59. The van der Waals surface area contributed by atoms with Crippen LogP contribution in [0.4, 0.5) is 0 Å². The minimum atomic E-state index is -0.754. The van der Waals surface area contributed by atoms with E-state index < -0.39 is 5.79 Å². The van der Waals surface area contributed by atoms with Crippen molar-refractivity contribution in [3.63, 3.8) is 0 Å². The molecule has 0 amide bonds. The van der Waals surface area contributed by atoms with Gasteiger partial charge >= 0.3 is 0 Å². The fourth-order valence-electron chi connectivity index (χ4n) is 2.46. The van der Waals surface area contributed by atoms with Crippen LogP contribution >= 0.6 is 0 Å². The molecular formula is C15H24NO3+. The molecule has 2 atom stereocenters. The number of rotatable bonds is 5. The fraction of sp³-hybridized carbons (Fsp3) is 0.600. The summed E-state index contributed by atoms with van der Waals surface area (Å²) in [5, 5.41) is 0. The van der Waals surface area contributed by atoms with Crippen LogP contribution in [0.5, 0.6) is 0 Å². The molecule has 1 aromatic rings. The van der Waals surface area contributed by atoms with Crippen LogP contribution in [0.25, 0.3) is 0 Å². The molecular weight excluding hydrogens is 242 g/mol. The van der Waals surface area contributed by atoms with Crippen LogP contribution in [0.15, 0.2) is 30.3 Å². The summed E-state index contributed by atoms with van der Waals surface area (Å²) in [6, 6.07) is 10.0. The van der Waals surface area contributed by atoms with Crippen molar-refractivity contribution < 1.29 is 18.7 Å². The Hall–Kier alpha value is -0.940. The highest BCUT2D eigenvalue weighted by atomic mass is 16.8. The van der Waals surface area contributed by atoms with E-state index in [9.17, 15) is 0 Å². The monoisotopic (exact) mass is 266 g/mol. The quantitative estimate of drug-likeness (QED) is 0.758. The normalized spacial score (nSPS) is 27.7. The van der Waals surface area contributed by atoms with E-state index in [-0.39, 0.29) is 6.10 Å². The van der Waals surface area contributed by atoms with Crippen molar-refractivity contribution >= 4 is 0 Å². The van der Waals surface area contributed by atoms with Crippen LogP contribution in [0.1, 0.15) is 5.56 Å². The second-order valence-corrected chi connectivity index (χ2v) is 6.08. The third-order valence-corrected chi connectivity index (χ3v) is 3.16. The molecule has 4 heteroatoms. The summed E-state index contributed by atoms with van der Waals surface area (Å²) >= 11 is 0. The summed E-state index contributed by atoms with van der Waals surface area (Å²) in [7, 11) is 8.14. The van der Waals surface area contributed by atoms with E-state index in [1.54, 1.807) is 7.11 Å². The number of quaternary nitrogens is 1. The predicted octanol–water partition coefficient (Wildman–Crippen LogP) is 1.61. The molecule has 2 rings (SSSR count). The fourth-order valence-corrected chi connectivity index (χ4v) is 2.46. The highest BCUT2D eigenvalue weighted by Gasteiger charge is 2.44. The number of hydrogen-bond donors (Lipinski definition) is 0. The summed E-state index contributed by atoms with van der Waals surface area (Å²) < 4.78 is 18.3.